The highest BCUT2D eigenvalue weighted by Gasteiger charge is 2.33. The maximum atomic E-state index is 12.2. The normalized spacial score (nSPS) is 12.8. The molecular formula is C28H38N6O3. The van der Waals surface area contributed by atoms with Crippen molar-refractivity contribution in [2.45, 2.75) is 32.9 Å². The molecule has 9 nitrogen and oxygen atoms in total. The summed E-state index contributed by atoms with van der Waals surface area (Å²) in [5.41, 5.74) is 2.99. The van der Waals surface area contributed by atoms with Gasteiger partial charge in [-0.05, 0) is 35.4 Å². The molecule has 0 fully saturated rings. The van der Waals surface area contributed by atoms with Crippen LogP contribution in [0.1, 0.15) is 32.4 Å². The molecule has 4 rings (SSSR count). The number of rotatable bonds is 11. The summed E-state index contributed by atoms with van der Waals surface area (Å²) in [6, 6.07) is 11.5. The van der Waals surface area contributed by atoms with E-state index in [-0.39, 0.29) is 14.0 Å². The number of nitrogens with zero attached hydrogens (tertiary/aromatic N) is 4. The Morgan fingerprint density at radius 2 is 1.70 bits per heavy atom. The third-order valence-electron chi connectivity index (χ3n) is 6.08. The zero-order valence-corrected chi connectivity index (χ0v) is 21.4. The van der Waals surface area contributed by atoms with Gasteiger partial charge in [-0.3, -0.25) is 9.67 Å². The third-order valence-corrected chi connectivity index (χ3v) is 6.08. The molecule has 2 aromatic heterocycles. The number of ether oxygens (including phenoxy) is 2. The van der Waals surface area contributed by atoms with Crippen molar-refractivity contribution in [2.75, 3.05) is 33.9 Å². The number of nitrogens with one attached hydrogen (secondary N) is 2. The number of aryl methyl sites for hydroxylation is 1. The Labute approximate surface area is 218 Å². The molecule has 0 unspecified atom stereocenters. The van der Waals surface area contributed by atoms with Crippen LogP contribution in [-0.2, 0) is 12.6 Å². The summed E-state index contributed by atoms with van der Waals surface area (Å²) in [5.74, 6) is 1.20. The van der Waals surface area contributed by atoms with E-state index in [2.05, 4.69) is 34.6 Å². The Kier molecular flexibility index (Phi) is 9.20. The minimum atomic E-state index is -1.38. The van der Waals surface area contributed by atoms with E-state index in [1.165, 1.54) is 0 Å². The van der Waals surface area contributed by atoms with Crippen LogP contribution in [0.25, 0.3) is 22.3 Å². The Balaban J connectivity index is 0.00000380. The maximum Gasteiger partial charge on any atom is 0.127 e. The number of aliphatic hydroxyl groups is 1. The van der Waals surface area contributed by atoms with Gasteiger partial charge in [0.05, 0.1) is 43.3 Å². The number of fused-ring (bicyclic) bond motifs is 1. The first-order valence-corrected chi connectivity index (χ1v) is 12.0. The van der Waals surface area contributed by atoms with Gasteiger partial charge in [0.25, 0.3) is 0 Å². The molecule has 2 aromatic carbocycles. The number of hydrogen-bond donors (Lipinski definition) is 3. The second kappa shape index (κ2) is 12.1. The van der Waals surface area contributed by atoms with Gasteiger partial charge in [-0.15, -0.1) is 0 Å². The van der Waals surface area contributed by atoms with E-state index in [1.54, 1.807) is 37.4 Å². The molecule has 198 valence electrons. The quantitative estimate of drug-likeness (QED) is 0.266. The monoisotopic (exact) mass is 506 g/mol. The molecule has 0 aliphatic rings. The van der Waals surface area contributed by atoms with Crippen molar-refractivity contribution in [2.24, 2.45) is 7.05 Å². The number of benzene rings is 2. The molecule has 37 heavy (non-hydrogen) atoms. The second-order valence-electron chi connectivity index (χ2n) is 9.11. The van der Waals surface area contributed by atoms with Crippen LogP contribution < -0.4 is 20.1 Å². The van der Waals surface area contributed by atoms with Crippen LogP contribution >= 0.6 is 0 Å². The van der Waals surface area contributed by atoms with E-state index in [1.807, 2.05) is 43.6 Å². The molecule has 0 saturated carbocycles. The lowest BCUT2D eigenvalue weighted by molar-refractivity contribution is 0.0798. The van der Waals surface area contributed by atoms with Crippen LogP contribution in [0.3, 0.4) is 0 Å². The van der Waals surface area contributed by atoms with Gasteiger partial charge in [0.1, 0.15) is 17.1 Å². The highest BCUT2D eigenvalue weighted by molar-refractivity contribution is 5.78. The smallest absolute Gasteiger partial charge is 0.127 e. The van der Waals surface area contributed by atoms with E-state index >= 15 is 0 Å². The summed E-state index contributed by atoms with van der Waals surface area (Å²) in [6.45, 7) is 5.97. The van der Waals surface area contributed by atoms with Gasteiger partial charge < -0.3 is 25.2 Å². The highest BCUT2D eigenvalue weighted by atomic mass is 16.5. The van der Waals surface area contributed by atoms with Gasteiger partial charge >= 0.3 is 0 Å². The average molecular weight is 507 g/mol. The largest absolute Gasteiger partial charge is 0.497 e. The Hall–Kier alpha value is -3.53. The summed E-state index contributed by atoms with van der Waals surface area (Å²) < 4.78 is 12.7. The Morgan fingerprint density at radius 1 is 0.973 bits per heavy atom. The first kappa shape index (κ1) is 28.0. The SMILES string of the molecule is C.COc1cc(OC)cc([C@](O)(CNCCNC(C)C)c2ccc3ncc(-c4cnn(C)c4)nc3c2)c1. The van der Waals surface area contributed by atoms with Crippen molar-refractivity contribution in [1.82, 2.24) is 30.4 Å². The highest BCUT2D eigenvalue weighted by Crippen LogP contribution is 2.35. The molecule has 0 saturated heterocycles. The summed E-state index contributed by atoms with van der Waals surface area (Å²) in [6.07, 6.45) is 5.39. The lowest BCUT2D eigenvalue weighted by Crippen LogP contribution is -2.42. The lowest BCUT2D eigenvalue weighted by atomic mass is 9.85. The zero-order chi connectivity index (χ0) is 25.7. The fourth-order valence-electron chi connectivity index (χ4n) is 4.10. The molecule has 0 amide bonds. The molecule has 0 aliphatic heterocycles. The van der Waals surface area contributed by atoms with Crippen LogP contribution in [0.15, 0.2) is 55.0 Å². The molecule has 0 radical (unpaired) electrons. The molecule has 0 spiro atoms. The number of hydrogen-bond acceptors (Lipinski definition) is 8. The van der Waals surface area contributed by atoms with Crippen LogP contribution in [0.4, 0.5) is 0 Å². The van der Waals surface area contributed by atoms with Crippen LogP contribution in [0, 0.1) is 0 Å². The van der Waals surface area contributed by atoms with E-state index in [0.717, 1.165) is 23.3 Å². The third kappa shape index (κ3) is 6.43. The van der Waals surface area contributed by atoms with Crippen molar-refractivity contribution in [3.63, 3.8) is 0 Å². The van der Waals surface area contributed by atoms with E-state index < -0.39 is 5.60 Å². The minimum Gasteiger partial charge on any atom is -0.497 e. The predicted octanol–water partition coefficient (Wildman–Crippen LogP) is 3.51. The first-order chi connectivity index (χ1) is 17.3. The standard InChI is InChI=1S/C27H34N6O3.CH4/c1-18(2)29-9-8-28-17-27(34,21-10-22(35-4)13-23(11-21)36-5)20-6-7-24-25(12-20)32-26(15-30-24)19-14-31-33(3)16-19;/h6-7,10-16,18,28-29,34H,8-9,17H2,1-5H3;1H4/t27-;/m0./s1. The second-order valence-corrected chi connectivity index (χ2v) is 9.11. The summed E-state index contributed by atoms with van der Waals surface area (Å²) in [5, 5.41) is 23.2. The van der Waals surface area contributed by atoms with Crippen molar-refractivity contribution < 1.29 is 14.6 Å². The van der Waals surface area contributed by atoms with E-state index in [9.17, 15) is 5.11 Å². The Morgan fingerprint density at radius 3 is 2.32 bits per heavy atom. The van der Waals surface area contributed by atoms with Crippen molar-refractivity contribution >= 4 is 11.0 Å². The Bertz CT molecular complexity index is 1300. The summed E-state index contributed by atoms with van der Waals surface area (Å²) in [4.78, 5) is 9.39. The van der Waals surface area contributed by atoms with Crippen molar-refractivity contribution in [1.29, 1.82) is 0 Å². The number of methoxy groups -OCH3 is 2. The average Bonchev–Trinajstić information content (AvgIpc) is 3.33. The fourth-order valence-corrected chi connectivity index (χ4v) is 4.10. The maximum absolute atomic E-state index is 12.2. The van der Waals surface area contributed by atoms with Gasteiger partial charge in [-0.2, -0.15) is 5.10 Å². The van der Waals surface area contributed by atoms with Crippen LogP contribution in [0.5, 0.6) is 11.5 Å². The topological polar surface area (TPSA) is 106 Å². The molecule has 3 N–H and O–H groups in total. The van der Waals surface area contributed by atoms with Gasteiger partial charge in [0.15, 0.2) is 0 Å². The summed E-state index contributed by atoms with van der Waals surface area (Å²) in [7, 11) is 5.06. The lowest BCUT2D eigenvalue weighted by Gasteiger charge is -2.31. The molecule has 0 bridgehead atoms. The first-order valence-electron chi connectivity index (χ1n) is 12.0. The van der Waals surface area contributed by atoms with Gasteiger partial charge in [0.2, 0.25) is 0 Å². The molecule has 4 aromatic rings. The molecule has 2 heterocycles. The van der Waals surface area contributed by atoms with Crippen LogP contribution in [-0.4, -0.2) is 64.8 Å². The van der Waals surface area contributed by atoms with Crippen molar-refractivity contribution in [3.8, 4) is 22.8 Å². The molecular weight excluding hydrogens is 468 g/mol. The van der Waals surface area contributed by atoms with E-state index in [0.29, 0.717) is 40.7 Å². The van der Waals surface area contributed by atoms with Crippen molar-refractivity contribution in [3.05, 3.63) is 66.1 Å². The number of aromatic nitrogens is 4. The predicted molar refractivity (Wildman–Crippen MR) is 147 cm³/mol. The summed E-state index contributed by atoms with van der Waals surface area (Å²) >= 11 is 0. The molecule has 0 aliphatic carbocycles. The van der Waals surface area contributed by atoms with Gasteiger partial charge in [-0.1, -0.05) is 27.3 Å². The fraction of sp³-hybridized carbons (Fsp3) is 0.393. The van der Waals surface area contributed by atoms with Gasteiger partial charge in [0, 0.05) is 50.6 Å². The van der Waals surface area contributed by atoms with Crippen LogP contribution in [0.2, 0.25) is 0 Å². The minimum absolute atomic E-state index is 0. The zero-order valence-electron chi connectivity index (χ0n) is 21.4. The molecule has 1 atom stereocenters. The van der Waals surface area contributed by atoms with Gasteiger partial charge in [-0.25, -0.2) is 4.98 Å². The van der Waals surface area contributed by atoms with E-state index in [4.69, 9.17) is 14.5 Å². The molecule has 9 heteroatoms.